The van der Waals surface area contributed by atoms with Crippen molar-refractivity contribution in [2.45, 2.75) is 13.8 Å². The van der Waals surface area contributed by atoms with Crippen LogP contribution < -0.4 is 10.6 Å². The Morgan fingerprint density at radius 1 is 1.19 bits per heavy atom. The van der Waals surface area contributed by atoms with Gasteiger partial charge in [-0.25, -0.2) is 15.0 Å². The number of nitrogens with zero attached hydrogens (tertiary/aromatic N) is 5. The van der Waals surface area contributed by atoms with Crippen molar-refractivity contribution in [3.63, 3.8) is 0 Å². The monoisotopic (exact) mass is 383 g/mol. The van der Waals surface area contributed by atoms with Crippen LogP contribution in [0.2, 0.25) is 0 Å². The quantitative estimate of drug-likeness (QED) is 0.386. The summed E-state index contributed by atoms with van der Waals surface area (Å²) in [6.07, 6.45) is 1.23. The van der Waals surface area contributed by atoms with Crippen LogP contribution in [-0.2, 0) is 0 Å². The summed E-state index contributed by atoms with van der Waals surface area (Å²) in [5.41, 5.74) is 1.56. The summed E-state index contributed by atoms with van der Waals surface area (Å²) in [4.78, 5) is 23.6. The van der Waals surface area contributed by atoms with Gasteiger partial charge in [-0.2, -0.15) is 0 Å². The second-order valence-corrected chi connectivity index (χ2v) is 6.72. The highest BCUT2D eigenvalue weighted by molar-refractivity contribution is 7.22. The minimum Gasteiger partial charge on any atom is -0.360 e. The third kappa shape index (κ3) is 3.27. The molecule has 0 spiro atoms. The highest BCUT2D eigenvalue weighted by Crippen LogP contribution is 2.35. The van der Waals surface area contributed by atoms with E-state index in [1.807, 2.05) is 25.1 Å². The maximum Gasteiger partial charge on any atom is 0.354 e. The number of hydrogen-bond acceptors (Lipinski definition) is 10. The van der Waals surface area contributed by atoms with Crippen LogP contribution in [0, 0.1) is 24.0 Å². The van der Waals surface area contributed by atoms with E-state index in [1.165, 1.54) is 17.7 Å². The van der Waals surface area contributed by atoms with Crippen LogP contribution in [0.4, 0.5) is 28.3 Å². The molecule has 0 aliphatic heterocycles. The number of aryl methyl sites for hydroxylation is 2. The fourth-order valence-electron chi connectivity index (χ4n) is 2.52. The van der Waals surface area contributed by atoms with E-state index < -0.39 is 4.92 Å². The molecule has 0 bridgehead atoms. The smallest absolute Gasteiger partial charge is 0.354 e. The van der Waals surface area contributed by atoms with Crippen LogP contribution in [0.25, 0.3) is 10.2 Å². The maximum absolute atomic E-state index is 11.6. The molecule has 3 heterocycles. The lowest BCUT2D eigenvalue weighted by atomic mass is 10.2. The van der Waals surface area contributed by atoms with Crippen molar-refractivity contribution in [1.82, 2.24) is 20.1 Å². The Hall–Kier alpha value is -3.60. The molecule has 0 amide bonds. The van der Waals surface area contributed by atoms with Crippen molar-refractivity contribution in [1.29, 1.82) is 0 Å². The molecule has 3 aromatic heterocycles. The molecule has 0 atom stereocenters. The predicted octanol–water partition coefficient (Wildman–Crippen LogP) is 4.09. The Bertz CT molecular complexity index is 1150. The fourth-order valence-corrected chi connectivity index (χ4v) is 3.47. The standard InChI is InChI=1S/C16H13N7O3S/c1-8-4-3-5-10-12(8)20-16(27-10)21-15-13(23(24)25)14(17-7-18-15)19-11-6-9(2)26-22-11/h3-7H,1-2H3,(H2,17,18,19,20,21,22). The summed E-state index contributed by atoms with van der Waals surface area (Å²) >= 11 is 1.39. The molecule has 4 rings (SSSR count). The number of thiazole rings is 1. The van der Waals surface area contributed by atoms with Crippen molar-refractivity contribution in [2.24, 2.45) is 0 Å². The normalized spacial score (nSPS) is 10.9. The van der Waals surface area contributed by atoms with Crippen LogP contribution in [-0.4, -0.2) is 25.0 Å². The van der Waals surface area contributed by atoms with Gasteiger partial charge in [0.05, 0.1) is 15.1 Å². The zero-order valence-electron chi connectivity index (χ0n) is 14.3. The van der Waals surface area contributed by atoms with E-state index in [9.17, 15) is 10.1 Å². The molecule has 0 aliphatic rings. The van der Waals surface area contributed by atoms with Gasteiger partial charge in [0.25, 0.3) is 0 Å². The number of aromatic nitrogens is 4. The second kappa shape index (κ2) is 6.61. The zero-order chi connectivity index (χ0) is 19.0. The highest BCUT2D eigenvalue weighted by Gasteiger charge is 2.25. The Morgan fingerprint density at radius 3 is 2.63 bits per heavy atom. The van der Waals surface area contributed by atoms with E-state index in [4.69, 9.17) is 4.52 Å². The summed E-state index contributed by atoms with van der Waals surface area (Å²) in [5, 5.41) is 21.6. The van der Waals surface area contributed by atoms with Crippen LogP contribution in [0.1, 0.15) is 11.3 Å². The van der Waals surface area contributed by atoms with Crippen molar-refractivity contribution in [3.8, 4) is 0 Å². The molecule has 0 saturated heterocycles. The Balaban J connectivity index is 1.72. The molecule has 0 unspecified atom stereocenters. The van der Waals surface area contributed by atoms with Gasteiger partial charge in [-0.15, -0.1) is 0 Å². The minimum atomic E-state index is -0.559. The maximum atomic E-state index is 11.6. The van der Waals surface area contributed by atoms with Gasteiger partial charge in [-0.3, -0.25) is 10.1 Å². The molecule has 0 saturated carbocycles. The average Bonchev–Trinajstić information content (AvgIpc) is 3.21. The van der Waals surface area contributed by atoms with E-state index >= 15 is 0 Å². The molecule has 136 valence electrons. The van der Waals surface area contributed by atoms with E-state index in [0.29, 0.717) is 16.7 Å². The van der Waals surface area contributed by atoms with Crippen LogP contribution >= 0.6 is 11.3 Å². The van der Waals surface area contributed by atoms with Gasteiger partial charge < -0.3 is 15.2 Å². The summed E-state index contributed by atoms with van der Waals surface area (Å²) in [7, 11) is 0. The first-order valence-corrected chi connectivity index (χ1v) is 8.66. The Kier molecular flexibility index (Phi) is 4.12. The SMILES string of the molecule is Cc1cc(Nc2ncnc(Nc3nc4c(C)cccc4s3)c2[N+](=O)[O-])no1. The number of para-hydroxylation sites is 1. The van der Waals surface area contributed by atoms with Crippen LogP contribution in [0.5, 0.6) is 0 Å². The largest absolute Gasteiger partial charge is 0.360 e. The highest BCUT2D eigenvalue weighted by atomic mass is 32.1. The lowest BCUT2D eigenvalue weighted by Gasteiger charge is -2.06. The molecule has 4 aromatic rings. The molecule has 2 N–H and O–H groups in total. The van der Waals surface area contributed by atoms with Crippen molar-refractivity contribution >= 4 is 49.8 Å². The third-order valence-corrected chi connectivity index (χ3v) is 4.66. The summed E-state index contributed by atoms with van der Waals surface area (Å²) in [6, 6.07) is 7.45. The van der Waals surface area contributed by atoms with Gasteiger partial charge in [0.1, 0.15) is 12.1 Å². The number of nitro groups is 1. The number of fused-ring (bicyclic) bond motifs is 1. The van der Waals surface area contributed by atoms with E-state index in [2.05, 4.69) is 30.7 Å². The number of nitrogens with one attached hydrogen (secondary N) is 2. The number of hydrogen-bond donors (Lipinski definition) is 2. The first-order valence-electron chi connectivity index (χ1n) is 7.84. The molecular weight excluding hydrogens is 370 g/mol. The van der Waals surface area contributed by atoms with Gasteiger partial charge in [-0.05, 0) is 25.5 Å². The second-order valence-electron chi connectivity index (χ2n) is 5.69. The lowest BCUT2D eigenvalue weighted by molar-refractivity contribution is -0.383. The van der Waals surface area contributed by atoms with Crippen LogP contribution in [0.15, 0.2) is 35.1 Å². The molecule has 0 aliphatic carbocycles. The third-order valence-electron chi connectivity index (χ3n) is 3.73. The predicted molar refractivity (Wildman–Crippen MR) is 101 cm³/mol. The number of anilines is 4. The number of benzene rings is 1. The van der Waals surface area contributed by atoms with Gasteiger partial charge in [0.15, 0.2) is 10.9 Å². The van der Waals surface area contributed by atoms with Gasteiger partial charge in [0.2, 0.25) is 11.6 Å². The van der Waals surface area contributed by atoms with Gasteiger partial charge >= 0.3 is 5.69 Å². The van der Waals surface area contributed by atoms with Gasteiger partial charge in [-0.1, -0.05) is 28.6 Å². The van der Waals surface area contributed by atoms with Crippen molar-refractivity contribution in [2.75, 3.05) is 10.6 Å². The first kappa shape index (κ1) is 16.8. The minimum absolute atomic E-state index is 0.00286. The summed E-state index contributed by atoms with van der Waals surface area (Å²) in [6.45, 7) is 3.68. The first-order chi connectivity index (χ1) is 13.0. The van der Waals surface area contributed by atoms with E-state index in [-0.39, 0.29) is 17.3 Å². The van der Waals surface area contributed by atoms with Crippen LogP contribution in [0.3, 0.4) is 0 Å². The topological polar surface area (TPSA) is 132 Å². The van der Waals surface area contributed by atoms with Gasteiger partial charge in [0, 0.05) is 6.07 Å². The van der Waals surface area contributed by atoms with E-state index in [0.717, 1.165) is 15.8 Å². The summed E-state index contributed by atoms with van der Waals surface area (Å²) in [5.74, 6) is 0.922. The molecule has 1 aromatic carbocycles. The fraction of sp³-hybridized carbons (Fsp3) is 0.125. The zero-order valence-corrected chi connectivity index (χ0v) is 15.1. The average molecular weight is 383 g/mol. The van der Waals surface area contributed by atoms with Crippen molar-refractivity contribution < 1.29 is 9.45 Å². The molecule has 0 radical (unpaired) electrons. The molecule has 27 heavy (non-hydrogen) atoms. The Labute approximate surface area is 156 Å². The molecule has 11 heteroatoms. The molecule has 0 fully saturated rings. The van der Waals surface area contributed by atoms with Crippen molar-refractivity contribution in [3.05, 3.63) is 52.0 Å². The molecule has 10 nitrogen and oxygen atoms in total. The van der Waals surface area contributed by atoms with E-state index in [1.54, 1.807) is 13.0 Å². The number of rotatable bonds is 5. The summed E-state index contributed by atoms with van der Waals surface area (Å²) < 4.78 is 5.94. The lowest BCUT2D eigenvalue weighted by Crippen LogP contribution is -2.05. The molecular formula is C16H13N7O3S. The Morgan fingerprint density at radius 2 is 1.96 bits per heavy atom.